The van der Waals surface area contributed by atoms with E-state index in [1.807, 2.05) is 24.1 Å². The first-order valence-corrected chi connectivity index (χ1v) is 7.64. The van der Waals surface area contributed by atoms with E-state index in [4.69, 9.17) is 0 Å². The fourth-order valence-corrected chi connectivity index (χ4v) is 2.78. The van der Waals surface area contributed by atoms with Gasteiger partial charge in [-0.15, -0.1) is 0 Å². The fourth-order valence-electron chi connectivity index (χ4n) is 2.78. The average Bonchev–Trinajstić information content (AvgIpc) is 2.47. The van der Waals surface area contributed by atoms with E-state index in [2.05, 4.69) is 31.3 Å². The lowest BCUT2D eigenvalue weighted by Crippen LogP contribution is -2.39. The van der Waals surface area contributed by atoms with Crippen LogP contribution in [0.15, 0.2) is 24.3 Å². The van der Waals surface area contributed by atoms with Crippen LogP contribution in [0.1, 0.15) is 48.5 Å². The summed E-state index contributed by atoms with van der Waals surface area (Å²) in [4.78, 5) is 14.3. The van der Waals surface area contributed by atoms with Crippen LogP contribution in [-0.2, 0) is 0 Å². The molecule has 0 radical (unpaired) electrons. The highest BCUT2D eigenvalue weighted by molar-refractivity contribution is 5.94. The number of nitrogens with one attached hydrogen (secondary N) is 1. The number of piperidine rings is 1. The molecule has 1 N–H and O–H groups in total. The Morgan fingerprint density at radius 2 is 2.05 bits per heavy atom. The minimum atomic E-state index is 0.130. The van der Waals surface area contributed by atoms with Crippen molar-refractivity contribution < 1.29 is 4.79 Å². The van der Waals surface area contributed by atoms with Crippen LogP contribution in [0.3, 0.4) is 0 Å². The summed E-state index contributed by atoms with van der Waals surface area (Å²) < 4.78 is 0. The maximum atomic E-state index is 12.4. The summed E-state index contributed by atoms with van der Waals surface area (Å²) in [5, 5.41) is 3.40. The van der Waals surface area contributed by atoms with E-state index in [1.54, 1.807) is 0 Å². The van der Waals surface area contributed by atoms with Crippen LogP contribution in [-0.4, -0.2) is 37.5 Å². The number of carbonyl (C=O) groups excluding carboxylic acids is 1. The molecular formula is C17H26N2O. The van der Waals surface area contributed by atoms with E-state index in [9.17, 15) is 4.79 Å². The zero-order valence-electron chi connectivity index (χ0n) is 12.9. The quantitative estimate of drug-likeness (QED) is 0.915. The van der Waals surface area contributed by atoms with Crippen molar-refractivity contribution in [3.05, 3.63) is 35.4 Å². The molecule has 1 atom stereocenters. The number of rotatable bonds is 4. The minimum Gasteiger partial charge on any atom is -0.341 e. The van der Waals surface area contributed by atoms with Gasteiger partial charge in [0, 0.05) is 19.2 Å². The van der Waals surface area contributed by atoms with Gasteiger partial charge in [0.05, 0.1) is 0 Å². The van der Waals surface area contributed by atoms with E-state index in [1.165, 1.54) is 18.4 Å². The largest absolute Gasteiger partial charge is 0.341 e. The highest BCUT2D eigenvalue weighted by Gasteiger charge is 2.19. The average molecular weight is 274 g/mol. The predicted molar refractivity (Wildman–Crippen MR) is 83.1 cm³/mol. The van der Waals surface area contributed by atoms with Crippen molar-refractivity contribution in [1.82, 2.24) is 10.2 Å². The van der Waals surface area contributed by atoms with Gasteiger partial charge in [0.2, 0.25) is 0 Å². The van der Waals surface area contributed by atoms with Crippen LogP contribution in [0, 0.1) is 5.92 Å². The Balaban J connectivity index is 1.95. The molecule has 0 spiro atoms. The van der Waals surface area contributed by atoms with Crippen LogP contribution in [0.4, 0.5) is 0 Å². The van der Waals surface area contributed by atoms with Crippen molar-refractivity contribution in [1.29, 1.82) is 0 Å². The van der Waals surface area contributed by atoms with Gasteiger partial charge in [-0.1, -0.05) is 26.0 Å². The Hall–Kier alpha value is -1.35. The summed E-state index contributed by atoms with van der Waals surface area (Å²) >= 11 is 0. The van der Waals surface area contributed by atoms with E-state index in [0.717, 1.165) is 25.2 Å². The summed E-state index contributed by atoms with van der Waals surface area (Å²) in [5.74, 6) is 1.23. The second-order valence-electron chi connectivity index (χ2n) is 6.17. The van der Waals surface area contributed by atoms with Crippen LogP contribution < -0.4 is 5.32 Å². The van der Waals surface area contributed by atoms with Gasteiger partial charge in [-0.25, -0.2) is 0 Å². The Kier molecular flexibility index (Phi) is 5.18. The fraction of sp³-hybridized carbons (Fsp3) is 0.588. The molecule has 1 amide bonds. The number of hydrogen-bond donors (Lipinski definition) is 1. The van der Waals surface area contributed by atoms with Crippen molar-refractivity contribution in [2.24, 2.45) is 5.92 Å². The third kappa shape index (κ3) is 3.83. The first kappa shape index (κ1) is 15.0. The molecule has 1 aromatic rings. The zero-order valence-corrected chi connectivity index (χ0v) is 12.9. The molecule has 1 aliphatic rings. The van der Waals surface area contributed by atoms with Gasteiger partial charge in [0.25, 0.3) is 5.91 Å². The topological polar surface area (TPSA) is 32.3 Å². The number of amides is 1. The van der Waals surface area contributed by atoms with Crippen LogP contribution in [0.5, 0.6) is 0 Å². The van der Waals surface area contributed by atoms with Gasteiger partial charge < -0.3 is 10.2 Å². The van der Waals surface area contributed by atoms with Crippen molar-refractivity contribution >= 4 is 5.91 Å². The Bertz CT molecular complexity index is 433. The number of nitrogens with zero attached hydrogens (tertiary/aromatic N) is 1. The highest BCUT2D eigenvalue weighted by Crippen LogP contribution is 2.17. The van der Waals surface area contributed by atoms with E-state index in [0.29, 0.717) is 11.8 Å². The van der Waals surface area contributed by atoms with Gasteiger partial charge in [-0.05, 0) is 55.5 Å². The maximum Gasteiger partial charge on any atom is 0.253 e. The summed E-state index contributed by atoms with van der Waals surface area (Å²) in [6.45, 7) is 7.32. The summed E-state index contributed by atoms with van der Waals surface area (Å²) in [7, 11) is 1.91. The van der Waals surface area contributed by atoms with Gasteiger partial charge in [0.1, 0.15) is 0 Å². The summed E-state index contributed by atoms with van der Waals surface area (Å²) in [5.41, 5.74) is 2.07. The molecule has 1 unspecified atom stereocenters. The molecule has 1 aromatic carbocycles. The lowest BCUT2D eigenvalue weighted by atomic mass is 9.98. The molecule has 3 heteroatoms. The second-order valence-corrected chi connectivity index (χ2v) is 6.17. The van der Waals surface area contributed by atoms with Crippen LogP contribution in [0.25, 0.3) is 0 Å². The van der Waals surface area contributed by atoms with Crippen molar-refractivity contribution in [2.75, 3.05) is 26.7 Å². The molecule has 20 heavy (non-hydrogen) atoms. The van der Waals surface area contributed by atoms with E-state index in [-0.39, 0.29) is 5.91 Å². The van der Waals surface area contributed by atoms with Gasteiger partial charge in [0.15, 0.2) is 0 Å². The predicted octanol–water partition coefficient (Wildman–Crippen LogP) is 2.88. The molecule has 1 heterocycles. The van der Waals surface area contributed by atoms with Gasteiger partial charge in [-0.2, -0.15) is 0 Å². The van der Waals surface area contributed by atoms with Gasteiger partial charge in [-0.3, -0.25) is 4.79 Å². The van der Waals surface area contributed by atoms with Crippen LogP contribution >= 0.6 is 0 Å². The highest BCUT2D eigenvalue weighted by atomic mass is 16.2. The molecule has 110 valence electrons. The minimum absolute atomic E-state index is 0.130. The first-order valence-electron chi connectivity index (χ1n) is 7.64. The monoisotopic (exact) mass is 274 g/mol. The zero-order chi connectivity index (χ0) is 14.5. The molecular weight excluding hydrogens is 248 g/mol. The van der Waals surface area contributed by atoms with Gasteiger partial charge >= 0.3 is 0 Å². The molecule has 1 aliphatic heterocycles. The maximum absolute atomic E-state index is 12.4. The molecule has 0 bridgehead atoms. The Morgan fingerprint density at radius 3 is 2.60 bits per heavy atom. The number of carbonyl (C=O) groups is 1. The number of hydrogen-bond acceptors (Lipinski definition) is 2. The summed E-state index contributed by atoms with van der Waals surface area (Å²) in [6, 6.07) is 8.03. The third-order valence-electron chi connectivity index (χ3n) is 4.10. The second kappa shape index (κ2) is 6.89. The SMILES string of the molecule is CC(C)c1ccc(C(=O)N(C)CC2CCCNC2)cc1. The Labute approximate surface area is 122 Å². The van der Waals surface area contributed by atoms with Crippen LogP contribution in [0.2, 0.25) is 0 Å². The lowest BCUT2D eigenvalue weighted by molar-refractivity contribution is 0.0764. The molecule has 0 aromatic heterocycles. The normalized spacial score (nSPS) is 19.1. The van der Waals surface area contributed by atoms with E-state index >= 15 is 0 Å². The third-order valence-corrected chi connectivity index (χ3v) is 4.10. The standard InChI is InChI=1S/C17H26N2O/c1-13(2)15-6-8-16(9-7-15)17(20)19(3)12-14-5-4-10-18-11-14/h6-9,13-14,18H,4-5,10-12H2,1-3H3. The molecule has 0 saturated carbocycles. The van der Waals surface area contributed by atoms with Crippen molar-refractivity contribution in [3.8, 4) is 0 Å². The van der Waals surface area contributed by atoms with Crippen molar-refractivity contribution in [2.45, 2.75) is 32.6 Å². The van der Waals surface area contributed by atoms with E-state index < -0.39 is 0 Å². The molecule has 2 rings (SSSR count). The molecule has 1 fully saturated rings. The lowest BCUT2D eigenvalue weighted by Gasteiger charge is -2.27. The summed E-state index contributed by atoms with van der Waals surface area (Å²) in [6.07, 6.45) is 2.44. The molecule has 0 aliphatic carbocycles. The Morgan fingerprint density at radius 1 is 1.35 bits per heavy atom. The number of benzene rings is 1. The van der Waals surface area contributed by atoms with Crippen molar-refractivity contribution in [3.63, 3.8) is 0 Å². The molecule has 1 saturated heterocycles. The first-order chi connectivity index (χ1) is 9.58. The molecule has 3 nitrogen and oxygen atoms in total. The smallest absolute Gasteiger partial charge is 0.253 e.